The summed E-state index contributed by atoms with van der Waals surface area (Å²) in [5.41, 5.74) is -0.593. The molecule has 0 aliphatic carbocycles. The summed E-state index contributed by atoms with van der Waals surface area (Å²) in [7, 11) is 1.38. The minimum atomic E-state index is -5.02. The summed E-state index contributed by atoms with van der Waals surface area (Å²) in [5.74, 6) is -1.32. The van der Waals surface area contributed by atoms with Crippen LogP contribution in [0.15, 0.2) is 76.6 Å². The van der Waals surface area contributed by atoms with Crippen molar-refractivity contribution in [3.63, 3.8) is 0 Å². The molecule has 0 fully saturated rings. The lowest BCUT2D eigenvalue weighted by atomic mass is 10.0. The lowest BCUT2D eigenvalue weighted by Crippen LogP contribution is -2.34. The van der Waals surface area contributed by atoms with Crippen molar-refractivity contribution in [2.45, 2.75) is 19.5 Å². The molecule has 2 aromatic carbocycles. The average Bonchev–Trinajstić information content (AvgIpc) is 2.88. The number of carbonyl (C=O) groups excluding carboxylic acids is 1. The van der Waals surface area contributed by atoms with Gasteiger partial charge in [-0.3, -0.25) is 14.6 Å². The third-order valence-corrected chi connectivity index (χ3v) is 5.29. The number of carbonyl (C=O) groups is 1. The summed E-state index contributed by atoms with van der Waals surface area (Å²) in [6.07, 6.45) is -2.25. The monoisotopic (exact) mass is 527 g/mol. The van der Waals surface area contributed by atoms with Gasteiger partial charge in [0.1, 0.15) is 11.4 Å². The summed E-state index contributed by atoms with van der Waals surface area (Å²) in [5, 5.41) is 0. The number of amides is 1. The Bertz CT molecular complexity index is 1510. The maximum atomic E-state index is 13.3. The van der Waals surface area contributed by atoms with E-state index in [-0.39, 0.29) is 30.4 Å². The Kier molecular flexibility index (Phi) is 7.55. The molecule has 0 atom stereocenters. The SMILES string of the molecule is COc1ncc(-c2ccc(CN(Cc3ccccc3)C(=O)c3cc(=O)[nH]c(=O)[nH]3)c(OC(F)(F)F)c2)cn1. The average molecular weight is 527 g/mol. The van der Waals surface area contributed by atoms with Crippen LogP contribution < -0.4 is 20.7 Å². The van der Waals surface area contributed by atoms with Gasteiger partial charge in [0, 0.05) is 36.1 Å². The van der Waals surface area contributed by atoms with Crippen LogP contribution >= 0.6 is 0 Å². The topological polar surface area (TPSA) is 130 Å². The number of methoxy groups -OCH3 is 1. The lowest BCUT2D eigenvalue weighted by molar-refractivity contribution is -0.274. The Hall–Kier alpha value is -4.94. The number of nitrogens with zero attached hydrogens (tertiary/aromatic N) is 3. The van der Waals surface area contributed by atoms with Crippen molar-refractivity contribution in [3.05, 3.63) is 105 Å². The maximum Gasteiger partial charge on any atom is 0.573 e. The van der Waals surface area contributed by atoms with Crippen LogP contribution in [-0.4, -0.2) is 44.2 Å². The van der Waals surface area contributed by atoms with E-state index in [0.29, 0.717) is 16.7 Å². The van der Waals surface area contributed by atoms with Crippen molar-refractivity contribution < 1.29 is 27.4 Å². The molecule has 0 saturated carbocycles. The fourth-order valence-corrected chi connectivity index (χ4v) is 3.62. The predicted octanol–water partition coefficient (Wildman–Crippen LogP) is 3.27. The molecule has 0 saturated heterocycles. The lowest BCUT2D eigenvalue weighted by Gasteiger charge is -2.24. The Morgan fingerprint density at radius 1 is 0.947 bits per heavy atom. The van der Waals surface area contributed by atoms with Gasteiger partial charge >= 0.3 is 18.1 Å². The number of rotatable bonds is 8. The normalized spacial score (nSPS) is 11.2. The standard InChI is InChI=1S/C25H20F3N5O5/c1-37-24-29-11-18(12-30-24)16-7-8-17(20(9-16)38-25(26,27)28)14-33(13-15-5-3-2-4-6-15)22(35)19-10-21(34)32-23(36)31-19/h2-12H,13-14H2,1H3,(H2,31,32,34,36). The van der Waals surface area contributed by atoms with Crippen LogP contribution in [0.25, 0.3) is 11.1 Å². The molecular formula is C25H20F3N5O5. The molecule has 196 valence electrons. The van der Waals surface area contributed by atoms with E-state index >= 15 is 0 Å². The van der Waals surface area contributed by atoms with Gasteiger partial charge in [-0.2, -0.15) is 0 Å². The van der Waals surface area contributed by atoms with Crippen molar-refractivity contribution in [3.8, 4) is 22.9 Å². The number of hydrogen-bond donors (Lipinski definition) is 2. The van der Waals surface area contributed by atoms with Crippen LogP contribution in [0.1, 0.15) is 21.6 Å². The molecular weight excluding hydrogens is 507 g/mol. The Labute approximate surface area is 212 Å². The zero-order valence-electron chi connectivity index (χ0n) is 19.8. The minimum absolute atomic E-state index is 0.0250. The molecule has 0 spiro atoms. The predicted molar refractivity (Wildman–Crippen MR) is 128 cm³/mol. The molecule has 0 radical (unpaired) electrons. The summed E-state index contributed by atoms with van der Waals surface area (Å²) >= 11 is 0. The van der Waals surface area contributed by atoms with E-state index in [1.807, 2.05) is 4.98 Å². The van der Waals surface area contributed by atoms with Gasteiger partial charge in [-0.25, -0.2) is 14.8 Å². The molecule has 0 unspecified atom stereocenters. The number of ether oxygens (including phenoxy) is 2. The number of H-pyrrole nitrogens is 2. The molecule has 10 nitrogen and oxygen atoms in total. The first kappa shape index (κ1) is 26.1. The minimum Gasteiger partial charge on any atom is -0.467 e. The second kappa shape index (κ2) is 11.0. The van der Waals surface area contributed by atoms with E-state index in [0.717, 1.165) is 12.1 Å². The van der Waals surface area contributed by atoms with Gasteiger partial charge in [-0.05, 0) is 17.2 Å². The molecule has 4 rings (SSSR count). The highest BCUT2D eigenvalue weighted by Crippen LogP contribution is 2.32. The van der Waals surface area contributed by atoms with Gasteiger partial charge in [0.15, 0.2) is 0 Å². The zero-order chi connectivity index (χ0) is 27.3. The van der Waals surface area contributed by atoms with E-state index in [1.54, 1.807) is 30.3 Å². The molecule has 1 amide bonds. The van der Waals surface area contributed by atoms with Gasteiger partial charge in [-0.1, -0.05) is 42.5 Å². The number of alkyl halides is 3. The maximum absolute atomic E-state index is 13.3. The van der Waals surface area contributed by atoms with Crippen molar-refractivity contribution in [1.82, 2.24) is 24.8 Å². The first-order chi connectivity index (χ1) is 18.1. The van der Waals surface area contributed by atoms with Gasteiger partial charge in [0.05, 0.1) is 13.7 Å². The smallest absolute Gasteiger partial charge is 0.467 e. The number of aromatic nitrogens is 4. The van der Waals surface area contributed by atoms with E-state index in [1.165, 1.54) is 36.5 Å². The molecule has 0 aliphatic heterocycles. The third kappa shape index (κ3) is 6.63. The summed E-state index contributed by atoms with van der Waals surface area (Å²) in [6.45, 7) is -0.374. The van der Waals surface area contributed by atoms with Crippen LogP contribution in [-0.2, 0) is 13.1 Å². The molecule has 2 aromatic heterocycles. The van der Waals surface area contributed by atoms with Gasteiger partial charge in [0.25, 0.3) is 11.5 Å². The van der Waals surface area contributed by atoms with Gasteiger partial charge in [0.2, 0.25) is 0 Å². The molecule has 13 heteroatoms. The zero-order valence-corrected chi connectivity index (χ0v) is 19.8. The fraction of sp³-hybridized carbons (Fsp3) is 0.160. The molecule has 0 aliphatic rings. The van der Waals surface area contributed by atoms with E-state index in [4.69, 9.17) is 4.74 Å². The van der Waals surface area contributed by atoms with Crippen molar-refractivity contribution in [2.75, 3.05) is 7.11 Å². The van der Waals surface area contributed by atoms with Crippen molar-refractivity contribution in [1.29, 1.82) is 0 Å². The van der Waals surface area contributed by atoms with Crippen LogP contribution in [0.4, 0.5) is 13.2 Å². The van der Waals surface area contributed by atoms with E-state index in [9.17, 15) is 27.6 Å². The van der Waals surface area contributed by atoms with Gasteiger partial charge in [-0.15, -0.1) is 13.2 Å². The van der Waals surface area contributed by atoms with Crippen LogP contribution in [0.3, 0.4) is 0 Å². The Balaban J connectivity index is 1.74. The number of nitrogens with one attached hydrogen (secondary N) is 2. The fourth-order valence-electron chi connectivity index (χ4n) is 3.62. The molecule has 38 heavy (non-hydrogen) atoms. The van der Waals surface area contributed by atoms with E-state index in [2.05, 4.69) is 19.7 Å². The number of halogens is 3. The first-order valence-corrected chi connectivity index (χ1v) is 11.0. The summed E-state index contributed by atoms with van der Waals surface area (Å²) in [6, 6.07) is 13.7. The van der Waals surface area contributed by atoms with E-state index < -0.39 is 29.3 Å². The molecule has 2 heterocycles. The quantitative estimate of drug-likeness (QED) is 0.360. The summed E-state index contributed by atoms with van der Waals surface area (Å²) in [4.78, 5) is 50.1. The highest BCUT2D eigenvalue weighted by molar-refractivity contribution is 5.92. The van der Waals surface area contributed by atoms with Crippen LogP contribution in [0, 0.1) is 0 Å². The number of benzene rings is 2. The number of aromatic amines is 2. The van der Waals surface area contributed by atoms with Crippen LogP contribution in [0.5, 0.6) is 11.8 Å². The first-order valence-electron chi connectivity index (χ1n) is 11.0. The second-order valence-corrected chi connectivity index (χ2v) is 7.98. The Morgan fingerprint density at radius 2 is 1.66 bits per heavy atom. The summed E-state index contributed by atoms with van der Waals surface area (Å²) < 4.78 is 49.2. The highest BCUT2D eigenvalue weighted by atomic mass is 19.4. The third-order valence-electron chi connectivity index (χ3n) is 5.29. The van der Waals surface area contributed by atoms with Crippen molar-refractivity contribution in [2.24, 2.45) is 0 Å². The second-order valence-electron chi connectivity index (χ2n) is 7.98. The molecule has 4 aromatic rings. The largest absolute Gasteiger partial charge is 0.573 e. The molecule has 0 bridgehead atoms. The Morgan fingerprint density at radius 3 is 2.29 bits per heavy atom. The highest BCUT2D eigenvalue weighted by Gasteiger charge is 2.33. The van der Waals surface area contributed by atoms with Crippen LogP contribution in [0.2, 0.25) is 0 Å². The van der Waals surface area contributed by atoms with Crippen molar-refractivity contribution >= 4 is 5.91 Å². The van der Waals surface area contributed by atoms with Gasteiger partial charge < -0.3 is 19.4 Å². The number of hydrogen-bond acceptors (Lipinski definition) is 7. The molecule has 2 N–H and O–H groups in total.